The SMILES string of the molecule is CC1(C)CCC(NS(=O)(=O)c2ccccc2C#N)CC1. The third-order valence-electron chi connectivity index (χ3n) is 3.96. The normalized spacial score (nSPS) is 19.4. The topological polar surface area (TPSA) is 70.0 Å². The quantitative estimate of drug-likeness (QED) is 0.931. The number of rotatable bonds is 3. The fraction of sp³-hybridized carbons (Fsp3) is 0.533. The van der Waals surface area contributed by atoms with Gasteiger partial charge in [-0.1, -0.05) is 26.0 Å². The minimum atomic E-state index is -3.61. The second kappa shape index (κ2) is 5.55. The van der Waals surface area contributed by atoms with E-state index in [4.69, 9.17) is 5.26 Å². The highest BCUT2D eigenvalue weighted by Crippen LogP contribution is 2.35. The van der Waals surface area contributed by atoms with Crippen LogP contribution in [0.3, 0.4) is 0 Å². The Hall–Kier alpha value is -1.38. The molecule has 0 atom stereocenters. The van der Waals surface area contributed by atoms with Gasteiger partial charge in [0.05, 0.1) is 10.5 Å². The van der Waals surface area contributed by atoms with Crippen molar-refractivity contribution in [1.82, 2.24) is 4.72 Å². The average molecular weight is 292 g/mol. The Balaban J connectivity index is 2.15. The first-order chi connectivity index (χ1) is 9.34. The van der Waals surface area contributed by atoms with Gasteiger partial charge in [0, 0.05) is 6.04 Å². The maximum absolute atomic E-state index is 12.4. The fourth-order valence-corrected chi connectivity index (χ4v) is 4.06. The van der Waals surface area contributed by atoms with Crippen LogP contribution in [0.5, 0.6) is 0 Å². The van der Waals surface area contributed by atoms with Gasteiger partial charge >= 0.3 is 0 Å². The lowest BCUT2D eigenvalue weighted by Crippen LogP contribution is -2.39. The molecule has 0 bridgehead atoms. The van der Waals surface area contributed by atoms with Crippen molar-refractivity contribution < 1.29 is 8.42 Å². The van der Waals surface area contributed by atoms with E-state index >= 15 is 0 Å². The molecule has 0 saturated heterocycles. The van der Waals surface area contributed by atoms with Crippen molar-refractivity contribution in [3.63, 3.8) is 0 Å². The van der Waals surface area contributed by atoms with E-state index in [2.05, 4.69) is 18.6 Å². The minimum absolute atomic E-state index is 0.0280. The Labute approximate surface area is 120 Å². The number of sulfonamides is 1. The van der Waals surface area contributed by atoms with Crippen LogP contribution in [-0.2, 0) is 10.0 Å². The first-order valence-corrected chi connectivity index (χ1v) is 8.34. The van der Waals surface area contributed by atoms with E-state index in [1.54, 1.807) is 12.1 Å². The van der Waals surface area contributed by atoms with Gasteiger partial charge in [-0.05, 0) is 43.2 Å². The van der Waals surface area contributed by atoms with E-state index in [0.717, 1.165) is 25.7 Å². The Bertz CT molecular complexity index is 620. The van der Waals surface area contributed by atoms with Gasteiger partial charge in [-0.2, -0.15) is 5.26 Å². The molecule has 4 nitrogen and oxygen atoms in total. The van der Waals surface area contributed by atoms with Crippen molar-refractivity contribution in [3.8, 4) is 6.07 Å². The molecule has 108 valence electrons. The van der Waals surface area contributed by atoms with E-state index in [1.807, 2.05) is 6.07 Å². The van der Waals surface area contributed by atoms with Gasteiger partial charge in [-0.25, -0.2) is 13.1 Å². The Kier molecular flexibility index (Phi) is 4.17. The van der Waals surface area contributed by atoms with Crippen molar-refractivity contribution >= 4 is 10.0 Å². The van der Waals surface area contributed by atoms with E-state index in [-0.39, 0.29) is 16.5 Å². The van der Waals surface area contributed by atoms with Crippen LogP contribution in [0.15, 0.2) is 29.2 Å². The molecule has 0 amide bonds. The average Bonchev–Trinajstić information content (AvgIpc) is 2.41. The summed E-state index contributed by atoms with van der Waals surface area (Å²) in [4.78, 5) is 0.0762. The number of benzene rings is 1. The highest BCUT2D eigenvalue weighted by atomic mass is 32.2. The first-order valence-electron chi connectivity index (χ1n) is 6.85. The van der Waals surface area contributed by atoms with Crippen LogP contribution in [0.25, 0.3) is 0 Å². The number of hydrogen-bond acceptors (Lipinski definition) is 3. The predicted octanol–water partition coefficient (Wildman–Crippen LogP) is 2.81. The van der Waals surface area contributed by atoms with Crippen LogP contribution in [0.2, 0.25) is 0 Å². The number of nitrogens with one attached hydrogen (secondary N) is 1. The molecule has 1 saturated carbocycles. The maximum atomic E-state index is 12.4. The molecule has 1 N–H and O–H groups in total. The van der Waals surface area contributed by atoms with E-state index in [0.29, 0.717) is 5.41 Å². The van der Waals surface area contributed by atoms with Crippen molar-refractivity contribution in [3.05, 3.63) is 29.8 Å². The van der Waals surface area contributed by atoms with Crippen LogP contribution in [0, 0.1) is 16.7 Å². The molecule has 0 heterocycles. The highest BCUT2D eigenvalue weighted by Gasteiger charge is 2.30. The van der Waals surface area contributed by atoms with Gasteiger partial charge in [0.15, 0.2) is 0 Å². The molecule has 1 aliphatic rings. The third kappa shape index (κ3) is 3.38. The third-order valence-corrected chi connectivity index (χ3v) is 5.54. The zero-order valence-electron chi connectivity index (χ0n) is 11.9. The number of nitriles is 1. The monoisotopic (exact) mass is 292 g/mol. The van der Waals surface area contributed by atoms with Crippen molar-refractivity contribution in [2.45, 2.75) is 50.5 Å². The van der Waals surface area contributed by atoms with E-state index < -0.39 is 10.0 Å². The van der Waals surface area contributed by atoms with E-state index in [9.17, 15) is 8.42 Å². The minimum Gasteiger partial charge on any atom is -0.208 e. The fourth-order valence-electron chi connectivity index (χ4n) is 2.59. The summed E-state index contributed by atoms with van der Waals surface area (Å²) < 4.78 is 27.5. The standard InChI is InChI=1S/C15H20N2O2S/c1-15(2)9-7-13(8-10-15)17-20(18,19)14-6-4-3-5-12(14)11-16/h3-6,13,17H,7-10H2,1-2H3. The lowest BCUT2D eigenvalue weighted by Gasteiger charge is -2.34. The summed E-state index contributed by atoms with van der Waals surface area (Å²) in [6.07, 6.45) is 3.72. The summed E-state index contributed by atoms with van der Waals surface area (Å²) >= 11 is 0. The summed E-state index contributed by atoms with van der Waals surface area (Å²) in [5.74, 6) is 0. The lowest BCUT2D eigenvalue weighted by molar-refractivity contribution is 0.218. The highest BCUT2D eigenvalue weighted by molar-refractivity contribution is 7.89. The van der Waals surface area contributed by atoms with Crippen LogP contribution in [0.4, 0.5) is 0 Å². The molecule has 1 aliphatic carbocycles. The second-order valence-corrected chi connectivity index (χ2v) is 7.85. The van der Waals surface area contributed by atoms with E-state index in [1.165, 1.54) is 12.1 Å². The van der Waals surface area contributed by atoms with Gasteiger partial charge < -0.3 is 0 Å². The summed E-state index contributed by atoms with van der Waals surface area (Å²) in [5, 5.41) is 9.01. The Morgan fingerprint density at radius 1 is 1.25 bits per heavy atom. The molecule has 0 spiro atoms. The van der Waals surface area contributed by atoms with Crippen LogP contribution in [0.1, 0.15) is 45.1 Å². The molecular formula is C15H20N2O2S. The van der Waals surface area contributed by atoms with Gasteiger partial charge in [-0.15, -0.1) is 0 Å². The summed E-state index contributed by atoms with van der Waals surface area (Å²) in [6, 6.07) is 8.22. The van der Waals surface area contributed by atoms with Gasteiger partial charge in [-0.3, -0.25) is 0 Å². The summed E-state index contributed by atoms with van der Waals surface area (Å²) in [6.45, 7) is 4.42. The van der Waals surface area contributed by atoms with Crippen molar-refractivity contribution in [2.24, 2.45) is 5.41 Å². The molecule has 20 heavy (non-hydrogen) atoms. The lowest BCUT2D eigenvalue weighted by atomic mass is 9.76. The molecule has 0 radical (unpaired) electrons. The van der Waals surface area contributed by atoms with Gasteiger partial charge in [0.2, 0.25) is 10.0 Å². The zero-order valence-corrected chi connectivity index (χ0v) is 12.7. The molecular weight excluding hydrogens is 272 g/mol. The first kappa shape index (κ1) is 15.0. The molecule has 1 aromatic carbocycles. The van der Waals surface area contributed by atoms with Gasteiger partial charge in [0.25, 0.3) is 0 Å². The Morgan fingerprint density at radius 2 is 1.85 bits per heavy atom. The van der Waals surface area contributed by atoms with Crippen LogP contribution < -0.4 is 4.72 Å². The maximum Gasteiger partial charge on any atom is 0.242 e. The number of nitrogens with zero attached hydrogens (tertiary/aromatic N) is 1. The molecule has 0 unspecified atom stereocenters. The molecule has 0 aliphatic heterocycles. The zero-order chi connectivity index (χ0) is 14.8. The summed E-state index contributed by atoms with van der Waals surface area (Å²) in [5.41, 5.74) is 0.489. The largest absolute Gasteiger partial charge is 0.242 e. The van der Waals surface area contributed by atoms with Crippen LogP contribution >= 0.6 is 0 Å². The van der Waals surface area contributed by atoms with Crippen molar-refractivity contribution in [2.75, 3.05) is 0 Å². The molecule has 2 rings (SSSR count). The second-order valence-electron chi connectivity index (χ2n) is 6.17. The molecule has 5 heteroatoms. The Morgan fingerprint density at radius 3 is 2.45 bits per heavy atom. The predicted molar refractivity (Wildman–Crippen MR) is 77.5 cm³/mol. The van der Waals surface area contributed by atoms with Gasteiger partial charge in [0.1, 0.15) is 6.07 Å². The molecule has 1 fully saturated rings. The van der Waals surface area contributed by atoms with Crippen molar-refractivity contribution in [1.29, 1.82) is 5.26 Å². The van der Waals surface area contributed by atoms with Crippen LogP contribution in [-0.4, -0.2) is 14.5 Å². The number of hydrogen-bond donors (Lipinski definition) is 1. The summed E-state index contributed by atoms with van der Waals surface area (Å²) in [7, 11) is -3.61. The molecule has 0 aromatic heterocycles. The smallest absolute Gasteiger partial charge is 0.208 e. The molecule has 1 aromatic rings.